The highest BCUT2D eigenvalue weighted by molar-refractivity contribution is 14.0. The van der Waals surface area contributed by atoms with Crippen LogP contribution in [0.4, 0.5) is 0 Å². The molecule has 1 fully saturated rings. The van der Waals surface area contributed by atoms with Crippen LogP contribution < -0.4 is 16.0 Å². The number of amides is 1. The van der Waals surface area contributed by atoms with Crippen molar-refractivity contribution in [2.75, 3.05) is 39.3 Å². The summed E-state index contributed by atoms with van der Waals surface area (Å²) in [7, 11) is 0. The van der Waals surface area contributed by atoms with Crippen LogP contribution in [0.3, 0.4) is 0 Å². The van der Waals surface area contributed by atoms with E-state index in [2.05, 4.69) is 25.8 Å². The molecule has 0 aromatic heterocycles. The number of hydrogen-bond acceptors (Lipinski definition) is 3. The van der Waals surface area contributed by atoms with Crippen LogP contribution in [0, 0.1) is 0 Å². The highest BCUT2D eigenvalue weighted by atomic mass is 127. The van der Waals surface area contributed by atoms with Crippen LogP contribution >= 0.6 is 24.0 Å². The van der Waals surface area contributed by atoms with Gasteiger partial charge in [0.1, 0.15) is 6.54 Å². The van der Waals surface area contributed by atoms with Crippen molar-refractivity contribution < 1.29 is 4.79 Å². The molecule has 3 N–H and O–H groups in total. The van der Waals surface area contributed by atoms with Gasteiger partial charge in [-0.15, -0.1) is 24.0 Å². The Labute approximate surface area is 158 Å². The lowest BCUT2D eigenvalue weighted by Crippen LogP contribution is -2.44. The normalized spacial score (nSPS) is 16.4. The van der Waals surface area contributed by atoms with Crippen LogP contribution in [0.15, 0.2) is 4.99 Å². The Kier molecular flexibility index (Phi) is 11.6. The number of aliphatic imine (C=N–C) groups is 1. The summed E-state index contributed by atoms with van der Waals surface area (Å²) in [4.78, 5) is 18.6. The third kappa shape index (κ3) is 11.6. The molecule has 0 spiro atoms. The van der Waals surface area contributed by atoms with Crippen molar-refractivity contribution >= 4 is 35.8 Å². The monoisotopic (exact) mass is 439 g/mol. The zero-order valence-corrected chi connectivity index (χ0v) is 17.4. The molecule has 136 valence electrons. The summed E-state index contributed by atoms with van der Waals surface area (Å²) < 4.78 is 0. The summed E-state index contributed by atoms with van der Waals surface area (Å²) in [6, 6.07) is 0. The molecule has 0 unspecified atom stereocenters. The van der Waals surface area contributed by atoms with E-state index in [1.165, 1.54) is 32.4 Å². The Balaban J connectivity index is 0.00000484. The number of piperidine rings is 1. The summed E-state index contributed by atoms with van der Waals surface area (Å²) in [5.41, 5.74) is -0.216. The maximum absolute atomic E-state index is 11.8. The molecule has 1 saturated heterocycles. The largest absolute Gasteiger partial charge is 0.357 e. The predicted octanol–water partition coefficient (Wildman–Crippen LogP) is 1.56. The van der Waals surface area contributed by atoms with Crippen LogP contribution in [-0.4, -0.2) is 61.6 Å². The fourth-order valence-electron chi connectivity index (χ4n) is 2.47. The molecule has 0 aromatic rings. The highest BCUT2D eigenvalue weighted by Gasteiger charge is 2.13. The summed E-state index contributed by atoms with van der Waals surface area (Å²) in [5, 5.41) is 9.40. The van der Waals surface area contributed by atoms with E-state index in [-0.39, 0.29) is 42.0 Å². The number of carbonyl (C=O) groups excluding carboxylic acids is 1. The topological polar surface area (TPSA) is 68.8 Å². The number of nitrogens with zero attached hydrogens (tertiary/aromatic N) is 2. The molecule has 1 rings (SSSR count). The molecule has 0 saturated carbocycles. The van der Waals surface area contributed by atoms with E-state index in [0.717, 1.165) is 19.6 Å². The number of carbonyl (C=O) groups is 1. The van der Waals surface area contributed by atoms with Crippen molar-refractivity contribution in [3.63, 3.8) is 0 Å². The molecule has 1 aliphatic rings. The van der Waals surface area contributed by atoms with Crippen molar-refractivity contribution in [1.29, 1.82) is 0 Å². The fourth-order valence-corrected chi connectivity index (χ4v) is 2.47. The standard InChI is InChI=1S/C16H33N5O.HI/c1-5-17-15(19-13-14(22)20-16(2,3)4)18-9-12-21-10-7-6-8-11-21;/h5-13H2,1-4H3,(H,20,22)(H2,17,18,19);1H. The lowest BCUT2D eigenvalue weighted by Gasteiger charge is -2.26. The zero-order valence-electron chi connectivity index (χ0n) is 15.1. The maximum atomic E-state index is 11.8. The van der Waals surface area contributed by atoms with Crippen LogP contribution in [0.5, 0.6) is 0 Å². The van der Waals surface area contributed by atoms with E-state index in [1.807, 2.05) is 27.7 Å². The molecule has 0 aromatic carbocycles. The molecule has 1 amide bonds. The molecule has 7 heteroatoms. The van der Waals surface area contributed by atoms with Gasteiger partial charge in [-0.05, 0) is 53.6 Å². The molecule has 1 heterocycles. The van der Waals surface area contributed by atoms with Crippen molar-refractivity contribution in [3.05, 3.63) is 0 Å². The van der Waals surface area contributed by atoms with E-state index in [1.54, 1.807) is 0 Å². The van der Waals surface area contributed by atoms with Gasteiger partial charge < -0.3 is 20.9 Å². The maximum Gasteiger partial charge on any atom is 0.242 e. The number of rotatable bonds is 6. The average molecular weight is 439 g/mol. The molecule has 23 heavy (non-hydrogen) atoms. The minimum atomic E-state index is -0.216. The number of likely N-dealkylation sites (tertiary alicyclic amines) is 1. The van der Waals surface area contributed by atoms with Gasteiger partial charge in [-0.3, -0.25) is 4.79 Å². The molecule has 0 radical (unpaired) electrons. The van der Waals surface area contributed by atoms with Crippen molar-refractivity contribution in [3.8, 4) is 0 Å². The predicted molar refractivity (Wildman–Crippen MR) is 108 cm³/mol. The SMILES string of the molecule is CCNC(=NCC(=O)NC(C)(C)C)NCCN1CCCCC1.I. The third-order valence-electron chi connectivity index (χ3n) is 3.41. The van der Waals surface area contributed by atoms with Gasteiger partial charge in [-0.1, -0.05) is 6.42 Å². The van der Waals surface area contributed by atoms with Gasteiger partial charge in [0.15, 0.2) is 5.96 Å². The number of guanidine groups is 1. The first-order chi connectivity index (χ1) is 10.4. The van der Waals surface area contributed by atoms with Crippen molar-refractivity contribution in [1.82, 2.24) is 20.9 Å². The first-order valence-electron chi connectivity index (χ1n) is 8.46. The summed E-state index contributed by atoms with van der Waals surface area (Å²) >= 11 is 0. The second-order valence-corrected chi connectivity index (χ2v) is 6.82. The van der Waals surface area contributed by atoms with Crippen LogP contribution in [0.2, 0.25) is 0 Å². The lowest BCUT2D eigenvalue weighted by molar-refractivity contribution is -0.121. The Bertz CT molecular complexity index is 362. The number of hydrogen-bond donors (Lipinski definition) is 3. The molecule has 1 aliphatic heterocycles. The van der Waals surface area contributed by atoms with Gasteiger partial charge in [0.25, 0.3) is 0 Å². The van der Waals surface area contributed by atoms with Crippen molar-refractivity contribution in [2.45, 2.75) is 52.5 Å². The van der Waals surface area contributed by atoms with E-state index in [4.69, 9.17) is 0 Å². The summed E-state index contributed by atoms with van der Waals surface area (Å²) in [6.07, 6.45) is 3.97. The van der Waals surface area contributed by atoms with E-state index in [0.29, 0.717) is 5.96 Å². The van der Waals surface area contributed by atoms with Crippen molar-refractivity contribution in [2.24, 2.45) is 4.99 Å². The molecule has 0 bridgehead atoms. The molecule has 6 nitrogen and oxygen atoms in total. The molecular formula is C16H34IN5O. The Morgan fingerprint density at radius 2 is 1.78 bits per heavy atom. The van der Waals surface area contributed by atoms with E-state index >= 15 is 0 Å². The van der Waals surface area contributed by atoms with Gasteiger partial charge in [0, 0.05) is 25.2 Å². The summed E-state index contributed by atoms with van der Waals surface area (Å²) in [5.74, 6) is 0.657. The zero-order chi connectivity index (χ0) is 16.4. The van der Waals surface area contributed by atoms with Gasteiger partial charge in [-0.25, -0.2) is 4.99 Å². The van der Waals surface area contributed by atoms with Crippen LogP contribution in [0.1, 0.15) is 47.0 Å². The fraction of sp³-hybridized carbons (Fsp3) is 0.875. The average Bonchev–Trinajstić information content (AvgIpc) is 2.44. The summed E-state index contributed by atoms with van der Waals surface area (Å²) in [6.45, 7) is 13.1. The van der Waals surface area contributed by atoms with Gasteiger partial charge in [0.2, 0.25) is 5.91 Å². The van der Waals surface area contributed by atoms with Gasteiger partial charge in [0.05, 0.1) is 0 Å². The second kappa shape index (κ2) is 11.9. The Hall–Kier alpha value is -0.570. The number of halogens is 1. The quantitative estimate of drug-likeness (QED) is 0.334. The Morgan fingerprint density at radius 1 is 1.13 bits per heavy atom. The number of nitrogens with one attached hydrogen (secondary N) is 3. The minimum absolute atomic E-state index is 0. The second-order valence-electron chi connectivity index (χ2n) is 6.82. The van der Waals surface area contributed by atoms with Gasteiger partial charge >= 0.3 is 0 Å². The van der Waals surface area contributed by atoms with E-state index in [9.17, 15) is 4.79 Å². The van der Waals surface area contributed by atoms with Crippen LogP contribution in [0.25, 0.3) is 0 Å². The Morgan fingerprint density at radius 3 is 2.35 bits per heavy atom. The first-order valence-corrected chi connectivity index (χ1v) is 8.46. The smallest absolute Gasteiger partial charge is 0.242 e. The van der Waals surface area contributed by atoms with Gasteiger partial charge in [-0.2, -0.15) is 0 Å². The third-order valence-corrected chi connectivity index (χ3v) is 3.41. The van der Waals surface area contributed by atoms with E-state index < -0.39 is 0 Å². The molecule has 0 aliphatic carbocycles. The lowest BCUT2D eigenvalue weighted by atomic mass is 10.1. The minimum Gasteiger partial charge on any atom is -0.357 e. The highest BCUT2D eigenvalue weighted by Crippen LogP contribution is 2.07. The molecular weight excluding hydrogens is 405 g/mol. The first kappa shape index (κ1) is 22.4. The molecule has 0 atom stereocenters. The van der Waals surface area contributed by atoms with Crippen LogP contribution in [-0.2, 0) is 4.79 Å².